The second-order valence-corrected chi connectivity index (χ2v) is 5.03. The predicted molar refractivity (Wildman–Crippen MR) is 76.8 cm³/mol. The van der Waals surface area contributed by atoms with E-state index in [1.54, 1.807) is 6.20 Å². The molecule has 0 radical (unpaired) electrons. The first-order valence-corrected chi connectivity index (χ1v) is 6.77. The number of nitrogens with zero attached hydrogens (tertiary/aromatic N) is 2. The van der Waals surface area contributed by atoms with E-state index in [0.717, 1.165) is 24.3 Å². The van der Waals surface area contributed by atoms with E-state index < -0.39 is 0 Å². The van der Waals surface area contributed by atoms with Gasteiger partial charge >= 0.3 is 0 Å². The van der Waals surface area contributed by atoms with Crippen LogP contribution in [0.5, 0.6) is 0 Å². The highest BCUT2D eigenvalue weighted by molar-refractivity contribution is 7.80. The molecule has 1 aliphatic rings. The lowest BCUT2D eigenvalue weighted by Gasteiger charge is -2.39. The third-order valence-corrected chi connectivity index (χ3v) is 3.62. The van der Waals surface area contributed by atoms with E-state index in [2.05, 4.69) is 9.88 Å². The molecule has 0 aliphatic heterocycles. The lowest BCUT2D eigenvalue weighted by Crippen LogP contribution is -2.42. The summed E-state index contributed by atoms with van der Waals surface area (Å²) in [4.78, 5) is 7.06. The Balaban J connectivity index is 2.25. The van der Waals surface area contributed by atoms with Gasteiger partial charge in [0.25, 0.3) is 0 Å². The fraction of sp³-hybridized carbons (Fsp3) is 0.538. The first kappa shape index (κ1) is 13.2. The van der Waals surface area contributed by atoms with Crippen LogP contribution in [-0.4, -0.2) is 34.3 Å². The number of thiocarbonyl (C=S) groups is 1. The molecule has 1 aromatic heterocycles. The van der Waals surface area contributed by atoms with Crippen LogP contribution < -0.4 is 10.6 Å². The van der Waals surface area contributed by atoms with Crippen molar-refractivity contribution in [3.05, 3.63) is 23.9 Å². The van der Waals surface area contributed by atoms with Gasteiger partial charge in [-0.05, 0) is 37.8 Å². The average molecular weight is 265 g/mol. The topological polar surface area (TPSA) is 62.4 Å². The number of aliphatic hydroxyl groups excluding tert-OH is 1. The number of hydrogen-bond donors (Lipinski definition) is 2. The summed E-state index contributed by atoms with van der Waals surface area (Å²) in [7, 11) is 0. The average Bonchev–Trinajstić information content (AvgIpc) is 2.32. The summed E-state index contributed by atoms with van der Waals surface area (Å²) in [5, 5.41) is 9.02. The van der Waals surface area contributed by atoms with Crippen LogP contribution in [0.2, 0.25) is 0 Å². The lowest BCUT2D eigenvalue weighted by atomic mass is 9.91. The maximum atomic E-state index is 9.02. The molecule has 1 saturated carbocycles. The van der Waals surface area contributed by atoms with Crippen LogP contribution in [0, 0.1) is 0 Å². The van der Waals surface area contributed by atoms with Gasteiger partial charge in [-0.15, -0.1) is 0 Å². The minimum Gasteiger partial charge on any atom is -0.396 e. The summed E-state index contributed by atoms with van der Waals surface area (Å²) >= 11 is 5.08. The van der Waals surface area contributed by atoms with Gasteiger partial charge in [0.05, 0.1) is 5.56 Å². The quantitative estimate of drug-likeness (QED) is 0.762. The number of anilines is 1. The summed E-state index contributed by atoms with van der Waals surface area (Å²) in [5.74, 6) is 0.864. The molecule has 2 rings (SSSR count). The molecule has 98 valence electrons. The summed E-state index contributed by atoms with van der Waals surface area (Å²) in [6.45, 7) is 0.992. The maximum absolute atomic E-state index is 9.02. The molecule has 0 bridgehead atoms. The van der Waals surface area contributed by atoms with Crippen molar-refractivity contribution in [2.24, 2.45) is 5.73 Å². The molecule has 4 nitrogen and oxygen atoms in total. The largest absolute Gasteiger partial charge is 0.396 e. The molecule has 1 aliphatic carbocycles. The Morgan fingerprint density at radius 2 is 2.33 bits per heavy atom. The Kier molecular flexibility index (Phi) is 4.49. The number of rotatable bonds is 6. The zero-order chi connectivity index (χ0) is 13.0. The molecule has 0 spiro atoms. The second kappa shape index (κ2) is 6.11. The minimum atomic E-state index is 0.193. The van der Waals surface area contributed by atoms with Crippen molar-refractivity contribution in [3.63, 3.8) is 0 Å². The minimum absolute atomic E-state index is 0.193. The van der Waals surface area contributed by atoms with Crippen molar-refractivity contribution < 1.29 is 5.11 Å². The highest BCUT2D eigenvalue weighted by atomic mass is 32.1. The Morgan fingerprint density at radius 3 is 2.89 bits per heavy atom. The molecular formula is C13H19N3OS. The zero-order valence-electron chi connectivity index (χ0n) is 10.4. The van der Waals surface area contributed by atoms with Crippen LogP contribution >= 0.6 is 12.2 Å². The van der Waals surface area contributed by atoms with Crippen molar-refractivity contribution in [2.45, 2.75) is 31.7 Å². The van der Waals surface area contributed by atoms with E-state index in [1.165, 1.54) is 19.3 Å². The number of pyridine rings is 1. The number of nitrogens with two attached hydrogens (primary N) is 1. The van der Waals surface area contributed by atoms with Gasteiger partial charge in [-0.2, -0.15) is 0 Å². The third kappa shape index (κ3) is 2.79. The van der Waals surface area contributed by atoms with E-state index in [0.29, 0.717) is 11.0 Å². The highest BCUT2D eigenvalue weighted by Crippen LogP contribution is 2.30. The van der Waals surface area contributed by atoms with Crippen LogP contribution in [0.25, 0.3) is 0 Å². The van der Waals surface area contributed by atoms with Crippen molar-refractivity contribution in [1.29, 1.82) is 0 Å². The van der Waals surface area contributed by atoms with E-state index in [4.69, 9.17) is 23.1 Å². The van der Waals surface area contributed by atoms with E-state index in [1.807, 2.05) is 12.1 Å². The van der Waals surface area contributed by atoms with Crippen molar-refractivity contribution >= 4 is 23.0 Å². The van der Waals surface area contributed by atoms with Gasteiger partial charge in [-0.3, -0.25) is 0 Å². The van der Waals surface area contributed by atoms with E-state index in [9.17, 15) is 0 Å². The molecule has 18 heavy (non-hydrogen) atoms. The Labute approximate surface area is 113 Å². The molecule has 1 heterocycles. The Bertz CT molecular complexity index is 420. The Hall–Kier alpha value is -1.20. The first-order valence-electron chi connectivity index (χ1n) is 6.36. The van der Waals surface area contributed by atoms with E-state index in [-0.39, 0.29) is 6.61 Å². The van der Waals surface area contributed by atoms with Crippen molar-refractivity contribution in [2.75, 3.05) is 18.1 Å². The summed E-state index contributed by atoms with van der Waals surface area (Å²) in [5.41, 5.74) is 6.59. The highest BCUT2D eigenvalue weighted by Gasteiger charge is 2.27. The number of aromatic nitrogens is 1. The molecule has 0 atom stereocenters. The Morgan fingerprint density at radius 1 is 1.56 bits per heavy atom. The zero-order valence-corrected chi connectivity index (χ0v) is 11.2. The smallest absolute Gasteiger partial charge is 0.139 e. The molecule has 1 aromatic rings. The van der Waals surface area contributed by atoms with Gasteiger partial charge in [-0.1, -0.05) is 12.2 Å². The summed E-state index contributed by atoms with van der Waals surface area (Å²) in [6.07, 6.45) is 6.12. The number of aliphatic hydroxyl groups is 1. The SMILES string of the molecule is NC(=S)c1cccnc1N(CCCO)C1CCC1. The molecule has 0 aromatic carbocycles. The van der Waals surface area contributed by atoms with Gasteiger partial charge in [-0.25, -0.2) is 4.98 Å². The maximum Gasteiger partial charge on any atom is 0.139 e. The first-order chi connectivity index (χ1) is 8.74. The van der Waals surface area contributed by atoms with Gasteiger partial charge in [0.1, 0.15) is 10.8 Å². The second-order valence-electron chi connectivity index (χ2n) is 4.59. The number of hydrogen-bond acceptors (Lipinski definition) is 4. The van der Waals surface area contributed by atoms with Gasteiger partial charge in [0.15, 0.2) is 0 Å². The van der Waals surface area contributed by atoms with Crippen molar-refractivity contribution in [3.8, 4) is 0 Å². The van der Waals surface area contributed by atoms with Gasteiger partial charge in [0, 0.05) is 25.4 Å². The van der Waals surface area contributed by atoms with Crippen LogP contribution in [0.15, 0.2) is 18.3 Å². The van der Waals surface area contributed by atoms with Crippen LogP contribution in [0.1, 0.15) is 31.2 Å². The van der Waals surface area contributed by atoms with Crippen LogP contribution in [0.3, 0.4) is 0 Å². The normalized spacial score (nSPS) is 15.2. The molecule has 0 amide bonds. The molecule has 0 saturated heterocycles. The molecule has 3 N–H and O–H groups in total. The van der Waals surface area contributed by atoms with Crippen LogP contribution in [-0.2, 0) is 0 Å². The van der Waals surface area contributed by atoms with Gasteiger partial charge in [0.2, 0.25) is 0 Å². The predicted octanol–water partition coefficient (Wildman–Crippen LogP) is 1.46. The van der Waals surface area contributed by atoms with Crippen LogP contribution in [0.4, 0.5) is 5.82 Å². The third-order valence-electron chi connectivity index (χ3n) is 3.40. The fourth-order valence-electron chi connectivity index (χ4n) is 2.22. The summed E-state index contributed by atoms with van der Waals surface area (Å²) in [6, 6.07) is 4.28. The molecule has 0 unspecified atom stereocenters. The fourth-order valence-corrected chi connectivity index (χ4v) is 2.38. The monoisotopic (exact) mass is 265 g/mol. The molecule has 5 heteroatoms. The summed E-state index contributed by atoms with van der Waals surface area (Å²) < 4.78 is 0. The lowest BCUT2D eigenvalue weighted by molar-refractivity contribution is 0.282. The van der Waals surface area contributed by atoms with Crippen molar-refractivity contribution in [1.82, 2.24) is 4.98 Å². The molecular weight excluding hydrogens is 246 g/mol. The standard InChI is InChI=1S/C13H19N3OS/c14-12(18)11-6-2-7-15-13(11)16(8-3-9-17)10-4-1-5-10/h2,6-7,10,17H,1,3-5,8-9H2,(H2,14,18). The molecule has 1 fully saturated rings. The van der Waals surface area contributed by atoms with E-state index >= 15 is 0 Å². The van der Waals surface area contributed by atoms with Gasteiger partial charge < -0.3 is 15.7 Å².